The summed E-state index contributed by atoms with van der Waals surface area (Å²) >= 11 is 0. The summed E-state index contributed by atoms with van der Waals surface area (Å²) in [5.74, 6) is 0.507. The third-order valence-corrected chi connectivity index (χ3v) is 1.96. The van der Waals surface area contributed by atoms with Crippen LogP contribution in [0, 0.1) is 5.92 Å². The van der Waals surface area contributed by atoms with Crippen molar-refractivity contribution >= 4 is 5.78 Å². The monoisotopic (exact) mass is 203 g/mol. The molecule has 0 amide bonds. The number of ketones is 1. The van der Waals surface area contributed by atoms with Gasteiger partial charge in [0.05, 0.1) is 6.04 Å². The molecule has 2 heteroatoms. The van der Waals surface area contributed by atoms with Gasteiger partial charge in [-0.2, -0.15) is 0 Å². The quantitative estimate of drug-likeness (QED) is 0.760. The number of carbonyl (C=O) groups excluding carboxylic acids is 1. The summed E-state index contributed by atoms with van der Waals surface area (Å²) in [6.07, 6.45) is 0.935. The molecule has 0 fully saturated rings. The lowest BCUT2D eigenvalue weighted by molar-refractivity contribution is -0.124. The normalized spacial score (nSPS) is 12.6. The van der Waals surface area contributed by atoms with Crippen molar-refractivity contribution < 1.29 is 4.79 Å². The van der Waals surface area contributed by atoms with Crippen LogP contribution in [0.5, 0.6) is 0 Å². The highest BCUT2D eigenvalue weighted by atomic mass is 16.1. The molecule has 88 valence electrons. The van der Waals surface area contributed by atoms with E-state index in [1.165, 1.54) is 0 Å². The molecule has 0 aromatic heterocycles. The molecule has 0 bridgehead atoms. The second-order valence-corrected chi connectivity index (χ2v) is 2.72. The Bertz CT molecular complexity index is 101. The van der Waals surface area contributed by atoms with Gasteiger partial charge in [-0.1, -0.05) is 41.5 Å². The molecule has 1 N–H and O–H groups in total. The molecule has 0 radical (unpaired) electrons. The smallest absolute Gasteiger partial charge is 0.152 e. The molecule has 0 heterocycles. The van der Waals surface area contributed by atoms with Gasteiger partial charge >= 0.3 is 0 Å². The van der Waals surface area contributed by atoms with Crippen LogP contribution in [0.2, 0.25) is 0 Å². The Hall–Kier alpha value is -0.370. The first kappa shape index (κ1) is 19.2. The predicted molar refractivity (Wildman–Crippen MR) is 65.7 cm³/mol. The van der Waals surface area contributed by atoms with Crippen molar-refractivity contribution in [3.05, 3.63) is 0 Å². The largest absolute Gasteiger partial charge is 0.311 e. The lowest BCUT2D eigenvalue weighted by Crippen LogP contribution is -2.34. The Labute approximate surface area is 90.5 Å². The minimum absolute atomic E-state index is 0.00921. The van der Waals surface area contributed by atoms with E-state index in [1.54, 1.807) is 0 Å². The molecule has 0 saturated carbocycles. The lowest BCUT2D eigenvalue weighted by Gasteiger charge is -2.13. The van der Waals surface area contributed by atoms with E-state index in [1.807, 2.05) is 55.5 Å². The Morgan fingerprint density at radius 2 is 1.50 bits per heavy atom. The molecular weight excluding hydrogens is 174 g/mol. The lowest BCUT2D eigenvalue weighted by atomic mass is 9.99. The Morgan fingerprint density at radius 1 is 1.14 bits per heavy atom. The number of Topliss-reactive ketones (excluding diaryl/α,β-unsaturated/α-hetero) is 1. The first-order valence-corrected chi connectivity index (χ1v) is 5.84. The van der Waals surface area contributed by atoms with Gasteiger partial charge in [0.15, 0.2) is 5.78 Å². The molecule has 0 spiro atoms. The van der Waals surface area contributed by atoms with Crippen molar-refractivity contribution in [3.63, 3.8) is 0 Å². The van der Waals surface area contributed by atoms with E-state index in [0.717, 1.165) is 6.42 Å². The van der Waals surface area contributed by atoms with Gasteiger partial charge in [0, 0.05) is 5.92 Å². The third-order valence-electron chi connectivity index (χ3n) is 1.96. The molecule has 0 aromatic carbocycles. The van der Waals surface area contributed by atoms with Gasteiger partial charge in [-0.3, -0.25) is 4.79 Å². The van der Waals surface area contributed by atoms with Gasteiger partial charge < -0.3 is 5.32 Å². The highest BCUT2D eigenvalue weighted by Crippen LogP contribution is 2.04. The van der Waals surface area contributed by atoms with Crippen LogP contribution >= 0.6 is 0 Å². The van der Waals surface area contributed by atoms with Crippen LogP contribution in [0.3, 0.4) is 0 Å². The minimum Gasteiger partial charge on any atom is -0.311 e. The van der Waals surface area contributed by atoms with Crippen LogP contribution in [0.15, 0.2) is 0 Å². The molecular formula is C12H29NO. The minimum atomic E-state index is 0.00921. The summed E-state index contributed by atoms with van der Waals surface area (Å²) in [7, 11) is 1.81. The third kappa shape index (κ3) is 9.72. The van der Waals surface area contributed by atoms with E-state index in [2.05, 4.69) is 5.32 Å². The molecule has 0 rings (SSSR count). The van der Waals surface area contributed by atoms with Gasteiger partial charge in [-0.15, -0.1) is 0 Å². The van der Waals surface area contributed by atoms with Crippen LogP contribution in [-0.2, 0) is 4.79 Å². The number of likely N-dealkylation sites (N-methyl/N-ethyl adjacent to an activating group) is 1. The Kier molecular flexibility index (Phi) is 20.8. The maximum Gasteiger partial charge on any atom is 0.152 e. The van der Waals surface area contributed by atoms with Crippen molar-refractivity contribution in [2.45, 2.75) is 60.9 Å². The van der Waals surface area contributed by atoms with E-state index >= 15 is 0 Å². The van der Waals surface area contributed by atoms with Crippen molar-refractivity contribution in [2.75, 3.05) is 7.05 Å². The van der Waals surface area contributed by atoms with Crippen LogP contribution in [-0.4, -0.2) is 18.9 Å². The average molecular weight is 203 g/mol. The highest BCUT2D eigenvalue weighted by Gasteiger charge is 2.15. The first-order valence-electron chi connectivity index (χ1n) is 5.84. The summed E-state index contributed by atoms with van der Waals surface area (Å²) in [4.78, 5) is 11.2. The second kappa shape index (κ2) is 15.1. The summed E-state index contributed by atoms with van der Waals surface area (Å²) in [6.45, 7) is 13.9. The van der Waals surface area contributed by atoms with Crippen LogP contribution in [0.25, 0.3) is 0 Å². The van der Waals surface area contributed by atoms with Crippen LogP contribution in [0.1, 0.15) is 54.9 Å². The van der Waals surface area contributed by atoms with Gasteiger partial charge in [-0.25, -0.2) is 0 Å². The average Bonchev–Trinajstić information content (AvgIpc) is 2.31. The maximum absolute atomic E-state index is 11.2. The molecule has 0 aliphatic rings. The summed E-state index contributed by atoms with van der Waals surface area (Å²) in [5.41, 5.74) is 0. The highest BCUT2D eigenvalue weighted by molar-refractivity contribution is 5.85. The van der Waals surface area contributed by atoms with Crippen molar-refractivity contribution in [1.82, 2.24) is 5.32 Å². The summed E-state index contributed by atoms with van der Waals surface area (Å²) in [5, 5.41) is 2.93. The Morgan fingerprint density at radius 3 is 1.71 bits per heavy atom. The maximum atomic E-state index is 11.2. The first-order chi connectivity index (χ1) is 6.63. The van der Waals surface area contributed by atoms with E-state index < -0.39 is 0 Å². The topological polar surface area (TPSA) is 29.1 Å². The second-order valence-electron chi connectivity index (χ2n) is 2.72. The van der Waals surface area contributed by atoms with E-state index in [9.17, 15) is 4.79 Å². The molecule has 0 aromatic rings. The summed E-state index contributed by atoms with van der Waals surface area (Å²) < 4.78 is 0. The van der Waals surface area contributed by atoms with Crippen LogP contribution < -0.4 is 5.32 Å². The predicted octanol–water partition coefficient (Wildman–Crippen LogP) is 3.26. The van der Waals surface area contributed by atoms with E-state index in [0.29, 0.717) is 5.78 Å². The van der Waals surface area contributed by atoms with Crippen LogP contribution in [0.4, 0.5) is 0 Å². The molecule has 0 saturated heterocycles. The van der Waals surface area contributed by atoms with Crippen molar-refractivity contribution in [1.29, 1.82) is 0 Å². The standard InChI is InChI=1S/C8H17NO.2C2H6/c1-5-6(2)8(10)7(3)9-4;2*1-2/h6-7,9H,5H2,1-4H3;2*1-2H3/t6?,7-;;/m1../s1. The Balaban J connectivity index is -0.000000266. The molecule has 2 nitrogen and oxygen atoms in total. The number of nitrogens with one attached hydrogen (secondary N) is 1. The zero-order valence-corrected chi connectivity index (χ0v) is 11.3. The van der Waals surface area contributed by atoms with Gasteiger partial charge in [0.1, 0.15) is 0 Å². The van der Waals surface area contributed by atoms with Crippen molar-refractivity contribution in [3.8, 4) is 0 Å². The van der Waals surface area contributed by atoms with Gasteiger partial charge in [0.25, 0.3) is 0 Å². The molecule has 0 aliphatic carbocycles. The van der Waals surface area contributed by atoms with E-state index in [-0.39, 0.29) is 12.0 Å². The fourth-order valence-corrected chi connectivity index (χ4v) is 0.770. The number of carbonyl (C=O) groups is 1. The summed E-state index contributed by atoms with van der Waals surface area (Å²) in [6, 6.07) is 0.00921. The number of hydrogen-bond donors (Lipinski definition) is 1. The van der Waals surface area contributed by atoms with Gasteiger partial charge in [-0.05, 0) is 20.4 Å². The molecule has 1 unspecified atom stereocenters. The number of hydrogen-bond acceptors (Lipinski definition) is 2. The molecule has 14 heavy (non-hydrogen) atoms. The van der Waals surface area contributed by atoms with Crippen molar-refractivity contribution in [2.24, 2.45) is 5.92 Å². The molecule has 0 aliphatic heterocycles. The SMILES string of the molecule is CC.CC.CCC(C)C(=O)[C@@H](C)NC. The number of rotatable bonds is 4. The fourth-order valence-electron chi connectivity index (χ4n) is 0.770. The van der Waals surface area contributed by atoms with E-state index in [4.69, 9.17) is 0 Å². The fraction of sp³-hybridized carbons (Fsp3) is 0.917. The molecule has 2 atom stereocenters. The zero-order valence-electron chi connectivity index (χ0n) is 11.3. The van der Waals surface area contributed by atoms with Gasteiger partial charge in [0.2, 0.25) is 0 Å². The zero-order chi connectivity index (χ0) is 12.1.